The number of hydrogen-bond acceptors (Lipinski definition) is 5. The smallest absolute Gasteiger partial charge is 0.293 e. The lowest BCUT2D eigenvalue weighted by molar-refractivity contribution is 0.119. The van der Waals surface area contributed by atoms with E-state index in [4.69, 9.17) is 5.73 Å². The monoisotopic (exact) mass is 293 g/mol. The highest BCUT2D eigenvalue weighted by molar-refractivity contribution is 5.36. The van der Waals surface area contributed by atoms with Gasteiger partial charge < -0.3 is 15.2 Å². The number of anilines is 1. The van der Waals surface area contributed by atoms with Gasteiger partial charge in [0.15, 0.2) is 5.82 Å². The van der Waals surface area contributed by atoms with Gasteiger partial charge in [-0.1, -0.05) is 0 Å². The minimum atomic E-state index is -0.000893. The molecule has 0 bridgehead atoms. The topological polar surface area (TPSA) is 67.4 Å². The predicted molar refractivity (Wildman–Crippen MR) is 85.8 cm³/mol. The van der Waals surface area contributed by atoms with Crippen LogP contribution in [-0.2, 0) is 0 Å². The summed E-state index contributed by atoms with van der Waals surface area (Å²) in [5, 5.41) is 0. The zero-order chi connectivity index (χ0) is 15.6. The van der Waals surface area contributed by atoms with E-state index in [1.165, 1.54) is 0 Å². The Morgan fingerprint density at radius 1 is 1.29 bits per heavy atom. The van der Waals surface area contributed by atoms with Crippen molar-refractivity contribution in [3.8, 4) is 0 Å². The zero-order valence-corrected chi connectivity index (χ0v) is 13.5. The number of nitrogens with zero attached hydrogens (tertiary/aromatic N) is 4. The van der Waals surface area contributed by atoms with E-state index in [-0.39, 0.29) is 17.1 Å². The molecule has 6 nitrogen and oxygen atoms in total. The fraction of sp³-hybridized carbons (Fsp3) is 0.733. The van der Waals surface area contributed by atoms with Crippen LogP contribution in [0, 0.1) is 0 Å². The minimum absolute atomic E-state index is 0.000893. The average Bonchev–Trinajstić information content (AvgIpc) is 2.47. The third-order valence-electron chi connectivity index (χ3n) is 4.34. The van der Waals surface area contributed by atoms with E-state index in [0.29, 0.717) is 12.4 Å². The summed E-state index contributed by atoms with van der Waals surface area (Å²) >= 11 is 0. The molecule has 2 heterocycles. The van der Waals surface area contributed by atoms with Crippen molar-refractivity contribution in [3.63, 3.8) is 0 Å². The van der Waals surface area contributed by atoms with Gasteiger partial charge in [0.25, 0.3) is 5.56 Å². The van der Waals surface area contributed by atoms with Gasteiger partial charge in [-0.15, -0.1) is 0 Å². The third kappa shape index (κ3) is 3.27. The molecule has 0 aliphatic carbocycles. The van der Waals surface area contributed by atoms with Gasteiger partial charge in [-0.05, 0) is 27.7 Å². The van der Waals surface area contributed by atoms with Crippen molar-refractivity contribution < 1.29 is 0 Å². The van der Waals surface area contributed by atoms with Gasteiger partial charge in [0.1, 0.15) is 0 Å². The molecular formula is C15H27N5O. The summed E-state index contributed by atoms with van der Waals surface area (Å²) in [5.41, 5.74) is 5.85. The predicted octanol–water partition coefficient (Wildman–Crippen LogP) is 0.684. The lowest BCUT2D eigenvalue weighted by Gasteiger charge is -2.43. The van der Waals surface area contributed by atoms with Crippen LogP contribution in [0.2, 0.25) is 0 Å². The molecule has 1 fully saturated rings. The van der Waals surface area contributed by atoms with Crippen LogP contribution in [0.3, 0.4) is 0 Å². The molecule has 1 aliphatic rings. The van der Waals surface area contributed by atoms with E-state index in [0.717, 1.165) is 26.2 Å². The number of hydrogen-bond donors (Lipinski definition) is 1. The quantitative estimate of drug-likeness (QED) is 0.884. The van der Waals surface area contributed by atoms with Crippen LogP contribution in [-0.4, -0.2) is 52.7 Å². The average molecular weight is 293 g/mol. The maximum Gasteiger partial charge on any atom is 0.293 e. The maximum absolute atomic E-state index is 12.5. The molecule has 6 heteroatoms. The molecule has 1 aromatic heterocycles. The van der Waals surface area contributed by atoms with E-state index in [1.54, 1.807) is 17.0 Å². The Balaban J connectivity index is 2.13. The highest BCUT2D eigenvalue weighted by Gasteiger charge is 2.29. The van der Waals surface area contributed by atoms with Crippen LogP contribution in [0.4, 0.5) is 5.82 Å². The molecule has 0 amide bonds. The SMILES string of the molecule is CC(C)n1ccnc(N2CCN(C(C)(C)CN)CC2)c1=O. The van der Waals surface area contributed by atoms with Crippen molar-refractivity contribution in [2.24, 2.45) is 5.73 Å². The van der Waals surface area contributed by atoms with E-state index < -0.39 is 0 Å². The van der Waals surface area contributed by atoms with Crippen LogP contribution in [0.5, 0.6) is 0 Å². The molecule has 0 radical (unpaired) electrons. The van der Waals surface area contributed by atoms with Gasteiger partial charge in [-0.25, -0.2) is 4.98 Å². The fourth-order valence-corrected chi connectivity index (χ4v) is 2.69. The molecule has 0 aromatic carbocycles. The Kier molecular flexibility index (Phi) is 4.68. The van der Waals surface area contributed by atoms with Crippen molar-refractivity contribution in [2.45, 2.75) is 39.3 Å². The van der Waals surface area contributed by atoms with E-state index in [9.17, 15) is 4.79 Å². The second-order valence-corrected chi connectivity index (χ2v) is 6.55. The van der Waals surface area contributed by atoms with E-state index in [1.807, 2.05) is 13.8 Å². The molecule has 0 unspecified atom stereocenters. The molecule has 2 rings (SSSR count). The lowest BCUT2D eigenvalue weighted by atomic mass is 10.0. The molecule has 1 aliphatic heterocycles. The van der Waals surface area contributed by atoms with Gasteiger partial charge in [0.2, 0.25) is 0 Å². The van der Waals surface area contributed by atoms with Gasteiger partial charge in [-0.3, -0.25) is 9.69 Å². The van der Waals surface area contributed by atoms with Crippen molar-refractivity contribution >= 4 is 5.82 Å². The van der Waals surface area contributed by atoms with E-state index >= 15 is 0 Å². The van der Waals surface area contributed by atoms with Crippen LogP contribution < -0.4 is 16.2 Å². The van der Waals surface area contributed by atoms with Crippen LogP contribution in [0.1, 0.15) is 33.7 Å². The summed E-state index contributed by atoms with van der Waals surface area (Å²) in [5.74, 6) is 0.566. The first kappa shape index (κ1) is 16.0. The highest BCUT2D eigenvalue weighted by atomic mass is 16.1. The summed E-state index contributed by atoms with van der Waals surface area (Å²) in [6.07, 6.45) is 3.47. The third-order valence-corrected chi connectivity index (χ3v) is 4.34. The molecule has 0 spiro atoms. The Morgan fingerprint density at radius 2 is 1.90 bits per heavy atom. The van der Waals surface area contributed by atoms with Crippen LogP contribution in [0.15, 0.2) is 17.2 Å². The molecule has 1 saturated heterocycles. The Bertz CT molecular complexity index is 529. The first-order valence-electron chi connectivity index (χ1n) is 7.64. The summed E-state index contributed by atoms with van der Waals surface area (Å²) in [7, 11) is 0. The first-order chi connectivity index (χ1) is 9.86. The Morgan fingerprint density at radius 3 is 2.43 bits per heavy atom. The summed E-state index contributed by atoms with van der Waals surface area (Å²) in [4.78, 5) is 21.2. The van der Waals surface area contributed by atoms with Gasteiger partial charge >= 0.3 is 0 Å². The lowest BCUT2D eigenvalue weighted by Crippen LogP contribution is -2.58. The number of aromatic nitrogens is 2. The van der Waals surface area contributed by atoms with Crippen molar-refractivity contribution in [3.05, 3.63) is 22.7 Å². The van der Waals surface area contributed by atoms with Gasteiger partial charge in [-0.2, -0.15) is 0 Å². The van der Waals surface area contributed by atoms with Gasteiger partial charge in [0, 0.05) is 56.7 Å². The second-order valence-electron chi connectivity index (χ2n) is 6.55. The normalized spacial score (nSPS) is 17.5. The van der Waals surface area contributed by atoms with Crippen molar-refractivity contribution in [1.29, 1.82) is 0 Å². The Labute approximate surface area is 126 Å². The molecule has 21 heavy (non-hydrogen) atoms. The molecule has 1 aromatic rings. The molecule has 0 saturated carbocycles. The first-order valence-corrected chi connectivity index (χ1v) is 7.64. The Hall–Kier alpha value is -1.40. The summed E-state index contributed by atoms with van der Waals surface area (Å²) in [6, 6.07) is 0.150. The van der Waals surface area contributed by atoms with Crippen LogP contribution in [0.25, 0.3) is 0 Å². The zero-order valence-electron chi connectivity index (χ0n) is 13.5. The van der Waals surface area contributed by atoms with Crippen molar-refractivity contribution in [2.75, 3.05) is 37.6 Å². The molecule has 2 N–H and O–H groups in total. The molecular weight excluding hydrogens is 266 g/mol. The highest BCUT2D eigenvalue weighted by Crippen LogP contribution is 2.17. The largest absolute Gasteiger partial charge is 0.349 e. The molecule has 118 valence electrons. The van der Waals surface area contributed by atoms with Crippen molar-refractivity contribution in [1.82, 2.24) is 14.5 Å². The number of rotatable bonds is 4. The fourth-order valence-electron chi connectivity index (χ4n) is 2.69. The summed E-state index contributed by atoms with van der Waals surface area (Å²) < 4.78 is 1.73. The van der Waals surface area contributed by atoms with Gasteiger partial charge in [0.05, 0.1) is 0 Å². The second kappa shape index (κ2) is 6.15. The van der Waals surface area contributed by atoms with Crippen LogP contribution >= 0.6 is 0 Å². The molecule has 0 atom stereocenters. The summed E-state index contributed by atoms with van der Waals surface area (Å²) in [6.45, 7) is 12.4. The number of nitrogens with two attached hydrogens (primary N) is 1. The minimum Gasteiger partial charge on any atom is -0.349 e. The maximum atomic E-state index is 12.5. The number of piperazine rings is 1. The standard InChI is InChI=1S/C15H27N5O/c1-12(2)20-6-5-17-13(14(20)21)18-7-9-19(10-8-18)15(3,4)11-16/h5-6,12H,7-11,16H2,1-4H3. The van der Waals surface area contributed by atoms with E-state index in [2.05, 4.69) is 28.6 Å².